The summed E-state index contributed by atoms with van der Waals surface area (Å²) in [6.45, 7) is 4.01. The maximum Gasteiger partial charge on any atom is 0.341 e. The lowest BCUT2D eigenvalue weighted by molar-refractivity contribution is 0.0528. The molecular formula is C26H24ClF2NO4S. The average molecular weight is 520 g/mol. The van der Waals surface area contributed by atoms with Crippen molar-refractivity contribution in [3.63, 3.8) is 0 Å². The summed E-state index contributed by atoms with van der Waals surface area (Å²) >= 11 is 7.69. The Labute approximate surface area is 211 Å². The number of nitrogens with zero attached hydrogens (tertiary/aromatic N) is 1. The molecule has 0 saturated heterocycles. The van der Waals surface area contributed by atoms with Crippen molar-refractivity contribution in [3.8, 4) is 11.5 Å². The molecule has 0 aliphatic rings. The number of pyridine rings is 1. The Bertz CT molecular complexity index is 1360. The predicted octanol–water partition coefficient (Wildman–Crippen LogP) is 7.51. The van der Waals surface area contributed by atoms with E-state index >= 15 is 0 Å². The third-order valence-electron chi connectivity index (χ3n) is 4.95. The molecular weight excluding hydrogens is 496 g/mol. The van der Waals surface area contributed by atoms with Crippen LogP contribution in [0.5, 0.6) is 11.5 Å². The monoisotopic (exact) mass is 519 g/mol. The number of thiophene rings is 1. The normalized spacial score (nSPS) is 10.7. The highest BCUT2D eigenvalue weighted by Gasteiger charge is 2.19. The number of aryl methyl sites for hydroxylation is 1. The van der Waals surface area contributed by atoms with E-state index in [1.165, 1.54) is 29.7 Å². The van der Waals surface area contributed by atoms with Gasteiger partial charge in [0, 0.05) is 34.8 Å². The Kier molecular flexibility index (Phi) is 8.64. The topological polar surface area (TPSA) is 57.7 Å². The molecule has 0 fully saturated rings. The molecule has 0 N–H and O–H groups in total. The Hall–Kier alpha value is -3.23. The van der Waals surface area contributed by atoms with Gasteiger partial charge < -0.3 is 14.2 Å². The van der Waals surface area contributed by atoms with Crippen LogP contribution in [0, 0.1) is 18.6 Å². The van der Waals surface area contributed by atoms with Crippen molar-refractivity contribution in [2.45, 2.75) is 34.5 Å². The molecule has 0 aliphatic heterocycles. The molecule has 4 rings (SSSR count). The van der Waals surface area contributed by atoms with Gasteiger partial charge in [0.05, 0.1) is 16.9 Å². The summed E-state index contributed by atoms with van der Waals surface area (Å²) in [5, 5.41) is 2.79. The van der Waals surface area contributed by atoms with Crippen LogP contribution in [0.25, 0.3) is 10.1 Å². The van der Waals surface area contributed by atoms with E-state index in [-0.39, 0.29) is 38.0 Å². The van der Waals surface area contributed by atoms with Crippen molar-refractivity contribution in [1.82, 2.24) is 4.98 Å². The molecule has 5 nitrogen and oxygen atoms in total. The SMILES string of the molecule is C.CCOC(=O)c1cnc(Cl)c2c(COc3cc(C)cc(OCc4ccc(F)cc4F)c3)csc12. The van der Waals surface area contributed by atoms with Crippen molar-refractivity contribution in [3.05, 3.63) is 87.0 Å². The lowest BCUT2D eigenvalue weighted by Gasteiger charge is -2.12. The summed E-state index contributed by atoms with van der Waals surface area (Å²) < 4.78 is 44.5. The Morgan fingerprint density at radius 1 is 1.06 bits per heavy atom. The fraction of sp³-hybridized carbons (Fsp3) is 0.231. The molecule has 0 unspecified atom stereocenters. The second-order valence-corrected chi connectivity index (χ2v) is 8.68. The van der Waals surface area contributed by atoms with E-state index in [9.17, 15) is 13.6 Å². The summed E-state index contributed by atoms with van der Waals surface area (Å²) in [6, 6.07) is 8.67. The first kappa shape index (κ1) is 26.4. The quantitative estimate of drug-likeness (QED) is 0.178. The van der Waals surface area contributed by atoms with Gasteiger partial charge in [0.25, 0.3) is 0 Å². The second kappa shape index (κ2) is 11.5. The maximum absolute atomic E-state index is 13.9. The minimum absolute atomic E-state index is 0. The number of benzene rings is 2. The summed E-state index contributed by atoms with van der Waals surface area (Å²) in [6.07, 6.45) is 1.41. The van der Waals surface area contributed by atoms with Gasteiger partial charge in [0.1, 0.15) is 41.5 Å². The van der Waals surface area contributed by atoms with Crippen LogP contribution in [0.3, 0.4) is 0 Å². The van der Waals surface area contributed by atoms with Crippen molar-refractivity contribution < 1.29 is 27.8 Å². The second-order valence-electron chi connectivity index (χ2n) is 7.44. The van der Waals surface area contributed by atoms with Crippen molar-refractivity contribution in [2.24, 2.45) is 0 Å². The number of hydrogen-bond donors (Lipinski definition) is 0. The molecule has 4 aromatic rings. The first-order valence-corrected chi connectivity index (χ1v) is 11.6. The molecule has 0 amide bonds. The summed E-state index contributed by atoms with van der Waals surface area (Å²) in [7, 11) is 0. The maximum atomic E-state index is 13.9. The molecule has 2 aromatic heterocycles. The smallest absolute Gasteiger partial charge is 0.341 e. The Morgan fingerprint density at radius 2 is 1.74 bits per heavy atom. The zero-order valence-corrected chi connectivity index (χ0v) is 19.9. The fourth-order valence-electron chi connectivity index (χ4n) is 3.36. The van der Waals surface area contributed by atoms with E-state index in [0.717, 1.165) is 17.2 Å². The van der Waals surface area contributed by atoms with Crippen LogP contribution in [0.15, 0.2) is 48.0 Å². The van der Waals surface area contributed by atoms with E-state index in [1.54, 1.807) is 19.1 Å². The Morgan fingerprint density at radius 3 is 2.40 bits per heavy atom. The standard InChI is InChI=1S/C25H20ClF2NO4S.CH4/c1-3-31-25(30)20-10-29-24(26)22-16(13-34-23(20)22)12-33-19-7-14(2)6-18(9-19)32-11-15-4-5-17(27)8-21(15)28;/h4-10,13H,3,11-12H2,1-2H3;1H4. The van der Waals surface area contributed by atoms with E-state index in [0.29, 0.717) is 27.1 Å². The highest BCUT2D eigenvalue weighted by atomic mass is 35.5. The molecule has 2 heterocycles. The zero-order chi connectivity index (χ0) is 24.2. The van der Waals surface area contributed by atoms with Crippen molar-refractivity contribution in [1.29, 1.82) is 0 Å². The largest absolute Gasteiger partial charge is 0.489 e. The van der Waals surface area contributed by atoms with Crippen LogP contribution in [-0.4, -0.2) is 17.6 Å². The molecule has 2 aromatic carbocycles. The van der Waals surface area contributed by atoms with Gasteiger partial charge in [0.2, 0.25) is 0 Å². The first-order valence-electron chi connectivity index (χ1n) is 10.4. The number of esters is 1. The van der Waals surface area contributed by atoms with Gasteiger partial charge in [-0.25, -0.2) is 18.6 Å². The van der Waals surface area contributed by atoms with Crippen molar-refractivity contribution in [2.75, 3.05) is 6.61 Å². The molecule has 35 heavy (non-hydrogen) atoms. The lowest BCUT2D eigenvalue weighted by atomic mass is 10.1. The van der Waals surface area contributed by atoms with Gasteiger partial charge in [-0.05, 0) is 49.1 Å². The average Bonchev–Trinajstić information content (AvgIpc) is 3.22. The highest BCUT2D eigenvalue weighted by molar-refractivity contribution is 7.17. The number of rotatable bonds is 8. The van der Waals surface area contributed by atoms with Gasteiger partial charge in [0.15, 0.2) is 0 Å². The molecule has 0 radical (unpaired) electrons. The minimum atomic E-state index is -0.666. The molecule has 0 bridgehead atoms. The summed E-state index contributed by atoms with van der Waals surface area (Å²) in [5.74, 6) is -0.735. The van der Waals surface area contributed by atoms with E-state index < -0.39 is 17.6 Å². The zero-order valence-electron chi connectivity index (χ0n) is 18.4. The predicted molar refractivity (Wildman–Crippen MR) is 134 cm³/mol. The molecule has 0 aliphatic carbocycles. The third-order valence-corrected chi connectivity index (χ3v) is 6.30. The van der Waals surface area contributed by atoms with Crippen LogP contribution in [-0.2, 0) is 18.0 Å². The van der Waals surface area contributed by atoms with E-state index in [4.69, 9.17) is 25.8 Å². The molecule has 184 valence electrons. The number of ether oxygens (including phenoxy) is 3. The number of aromatic nitrogens is 1. The lowest BCUT2D eigenvalue weighted by Crippen LogP contribution is -2.05. The summed E-state index contributed by atoms with van der Waals surface area (Å²) in [5.41, 5.74) is 2.26. The summed E-state index contributed by atoms with van der Waals surface area (Å²) in [4.78, 5) is 16.4. The van der Waals surface area contributed by atoms with Gasteiger partial charge in [-0.1, -0.05) is 19.0 Å². The van der Waals surface area contributed by atoms with Gasteiger partial charge in [-0.15, -0.1) is 11.3 Å². The molecule has 9 heteroatoms. The number of hydrogen-bond acceptors (Lipinski definition) is 6. The number of carbonyl (C=O) groups excluding carboxylic acids is 1. The van der Waals surface area contributed by atoms with Gasteiger partial charge >= 0.3 is 5.97 Å². The van der Waals surface area contributed by atoms with Crippen LogP contribution in [0.4, 0.5) is 8.78 Å². The van der Waals surface area contributed by atoms with E-state index in [2.05, 4.69) is 4.98 Å². The third kappa shape index (κ3) is 6.07. The van der Waals surface area contributed by atoms with Crippen LogP contribution in [0.2, 0.25) is 5.15 Å². The molecule has 0 atom stereocenters. The fourth-order valence-corrected chi connectivity index (χ4v) is 4.74. The van der Waals surface area contributed by atoms with Crippen LogP contribution < -0.4 is 9.47 Å². The van der Waals surface area contributed by atoms with Gasteiger partial charge in [-0.2, -0.15) is 0 Å². The van der Waals surface area contributed by atoms with Crippen LogP contribution in [0.1, 0.15) is 41.4 Å². The van der Waals surface area contributed by atoms with Gasteiger partial charge in [-0.3, -0.25) is 0 Å². The van der Waals surface area contributed by atoms with E-state index in [1.807, 2.05) is 18.4 Å². The van der Waals surface area contributed by atoms with Crippen molar-refractivity contribution >= 4 is 39.0 Å². The number of fused-ring (bicyclic) bond motifs is 1. The van der Waals surface area contributed by atoms with Crippen LogP contribution >= 0.6 is 22.9 Å². The first-order chi connectivity index (χ1) is 16.4. The minimum Gasteiger partial charge on any atom is -0.489 e. The molecule has 0 spiro atoms. The Balaban J connectivity index is 0.00000342. The molecule has 0 saturated carbocycles. The highest BCUT2D eigenvalue weighted by Crippen LogP contribution is 2.35. The number of halogens is 3. The number of carbonyl (C=O) groups is 1.